The van der Waals surface area contributed by atoms with Gasteiger partial charge in [0.2, 0.25) is 0 Å². The van der Waals surface area contributed by atoms with Crippen LogP contribution < -0.4 is 5.32 Å². The lowest BCUT2D eigenvalue weighted by Gasteiger charge is -2.21. The van der Waals surface area contributed by atoms with Crippen molar-refractivity contribution in [2.45, 2.75) is 32.1 Å². The second kappa shape index (κ2) is 6.60. The van der Waals surface area contributed by atoms with Gasteiger partial charge in [0.1, 0.15) is 0 Å². The number of carbonyl (C=O) groups is 1. The maximum absolute atomic E-state index is 10.1. The maximum atomic E-state index is 10.1. The molecule has 0 aromatic carbocycles. The van der Waals surface area contributed by atoms with Crippen molar-refractivity contribution in [3.63, 3.8) is 0 Å². The minimum absolute atomic E-state index is 0.669. The summed E-state index contributed by atoms with van der Waals surface area (Å²) in [4.78, 5) is 10.1. The third kappa shape index (κ3) is 5.02. The van der Waals surface area contributed by atoms with E-state index >= 15 is 0 Å². The van der Waals surface area contributed by atoms with Crippen molar-refractivity contribution in [1.29, 1.82) is 0 Å². The fourth-order valence-corrected chi connectivity index (χ4v) is 1.92. The van der Waals surface area contributed by atoms with E-state index in [1.165, 1.54) is 38.2 Å². The molecular weight excluding hydrogens is 178 g/mol. The minimum atomic E-state index is -0.871. The lowest BCUT2D eigenvalue weighted by Crippen LogP contribution is -2.24. The van der Waals surface area contributed by atoms with Crippen LogP contribution in [0, 0.1) is 5.92 Å². The van der Waals surface area contributed by atoms with Gasteiger partial charge >= 0.3 is 5.97 Å². The average Bonchev–Trinajstić information content (AvgIpc) is 2.18. The van der Waals surface area contributed by atoms with Crippen molar-refractivity contribution in [3.05, 3.63) is 12.2 Å². The Bertz CT molecular complexity index is 195. The topological polar surface area (TPSA) is 49.3 Å². The van der Waals surface area contributed by atoms with Crippen LogP contribution in [0.1, 0.15) is 32.1 Å². The summed E-state index contributed by atoms with van der Waals surface area (Å²) in [6.45, 7) is 1.70. The predicted octanol–water partition coefficient (Wildman–Crippen LogP) is 1.80. The van der Waals surface area contributed by atoms with E-state index in [-0.39, 0.29) is 0 Å². The van der Waals surface area contributed by atoms with E-state index in [0.29, 0.717) is 6.54 Å². The lowest BCUT2D eigenvalue weighted by molar-refractivity contribution is -0.131. The first-order valence-electron chi connectivity index (χ1n) is 5.39. The number of aliphatic carboxylic acids is 1. The van der Waals surface area contributed by atoms with E-state index in [1.54, 1.807) is 6.08 Å². The molecule has 2 N–H and O–H groups in total. The highest BCUT2D eigenvalue weighted by atomic mass is 16.4. The van der Waals surface area contributed by atoms with Crippen molar-refractivity contribution in [2.75, 3.05) is 13.1 Å². The number of carboxylic acids is 1. The zero-order chi connectivity index (χ0) is 10.2. The minimum Gasteiger partial charge on any atom is -0.478 e. The Kier molecular flexibility index (Phi) is 5.30. The highest BCUT2D eigenvalue weighted by Gasteiger charge is 2.11. The summed E-state index contributed by atoms with van der Waals surface area (Å²) in [5, 5.41) is 11.6. The molecule has 0 aromatic rings. The summed E-state index contributed by atoms with van der Waals surface area (Å²) < 4.78 is 0. The molecule has 0 spiro atoms. The Morgan fingerprint density at radius 2 is 2.07 bits per heavy atom. The zero-order valence-electron chi connectivity index (χ0n) is 8.54. The number of rotatable bonds is 5. The molecule has 0 aromatic heterocycles. The monoisotopic (exact) mass is 197 g/mol. The molecule has 14 heavy (non-hydrogen) atoms. The van der Waals surface area contributed by atoms with Crippen LogP contribution in [0.15, 0.2) is 12.2 Å². The smallest absolute Gasteiger partial charge is 0.328 e. The first-order chi connectivity index (χ1) is 6.79. The first-order valence-corrected chi connectivity index (χ1v) is 5.39. The molecule has 1 rings (SSSR count). The largest absolute Gasteiger partial charge is 0.478 e. The van der Waals surface area contributed by atoms with Gasteiger partial charge in [-0.05, 0) is 25.3 Å². The van der Waals surface area contributed by atoms with Crippen molar-refractivity contribution in [3.8, 4) is 0 Å². The van der Waals surface area contributed by atoms with Gasteiger partial charge < -0.3 is 10.4 Å². The van der Waals surface area contributed by atoms with Crippen molar-refractivity contribution in [1.82, 2.24) is 5.32 Å². The van der Waals surface area contributed by atoms with Crippen LogP contribution in [0.3, 0.4) is 0 Å². The van der Waals surface area contributed by atoms with E-state index < -0.39 is 5.97 Å². The standard InChI is InChI=1S/C11H19NO2/c13-11(14)7-4-8-12-9-10-5-2-1-3-6-10/h4,7,10,12H,1-3,5-6,8-9H2,(H,13,14)/b7-4+. The molecule has 0 heterocycles. The highest BCUT2D eigenvalue weighted by molar-refractivity contribution is 5.79. The molecule has 80 valence electrons. The van der Waals surface area contributed by atoms with Crippen LogP contribution in [0.25, 0.3) is 0 Å². The number of carboxylic acid groups (broad SMARTS) is 1. The van der Waals surface area contributed by atoms with Gasteiger partial charge in [0.05, 0.1) is 0 Å². The fourth-order valence-electron chi connectivity index (χ4n) is 1.92. The average molecular weight is 197 g/mol. The van der Waals surface area contributed by atoms with Gasteiger partial charge in [-0.1, -0.05) is 25.3 Å². The van der Waals surface area contributed by atoms with Gasteiger partial charge in [0.25, 0.3) is 0 Å². The lowest BCUT2D eigenvalue weighted by atomic mass is 9.89. The Morgan fingerprint density at radius 3 is 2.71 bits per heavy atom. The Balaban J connectivity index is 2.00. The molecule has 0 radical (unpaired) electrons. The quantitative estimate of drug-likeness (QED) is 0.522. The molecule has 0 aliphatic heterocycles. The van der Waals surface area contributed by atoms with Crippen LogP contribution in [-0.4, -0.2) is 24.2 Å². The molecule has 0 saturated heterocycles. The Hall–Kier alpha value is -0.830. The van der Waals surface area contributed by atoms with Crippen LogP contribution in [0.4, 0.5) is 0 Å². The SMILES string of the molecule is O=C(O)/C=C/CNCC1CCCCC1. The van der Waals surface area contributed by atoms with Crippen molar-refractivity contribution < 1.29 is 9.90 Å². The second-order valence-electron chi connectivity index (χ2n) is 3.90. The predicted molar refractivity (Wildman–Crippen MR) is 56.2 cm³/mol. The highest BCUT2D eigenvalue weighted by Crippen LogP contribution is 2.22. The summed E-state index contributed by atoms with van der Waals surface area (Å²) in [6, 6.07) is 0. The first kappa shape index (κ1) is 11.2. The molecule has 1 aliphatic rings. The molecule has 1 saturated carbocycles. The number of nitrogens with one attached hydrogen (secondary N) is 1. The molecule has 0 unspecified atom stereocenters. The van der Waals surface area contributed by atoms with E-state index in [2.05, 4.69) is 5.32 Å². The molecular formula is C11H19NO2. The van der Waals surface area contributed by atoms with Crippen molar-refractivity contribution in [2.24, 2.45) is 5.92 Å². The van der Waals surface area contributed by atoms with E-state index in [0.717, 1.165) is 12.5 Å². The molecule has 0 bridgehead atoms. The molecule has 1 fully saturated rings. The Labute approximate surface area is 85.2 Å². The molecule has 0 atom stereocenters. The summed E-state index contributed by atoms with van der Waals surface area (Å²) >= 11 is 0. The summed E-state index contributed by atoms with van der Waals surface area (Å²) in [5.41, 5.74) is 0. The van der Waals surface area contributed by atoms with Crippen LogP contribution in [0.2, 0.25) is 0 Å². The van der Waals surface area contributed by atoms with E-state index in [1.807, 2.05) is 0 Å². The summed E-state index contributed by atoms with van der Waals surface area (Å²) in [5.74, 6) is -0.0635. The Morgan fingerprint density at radius 1 is 1.36 bits per heavy atom. The van der Waals surface area contributed by atoms with Gasteiger partial charge in [0.15, 0.2) is 0 Å². The van der Waals surface area contributed by atoms with Crippen LogP contribution in [0.5, 0.6) is 0 Å². The van der Waals surface area contributed by atoms with Crippen LogP contribution >= 0.6 is 0 Å². The maximum Gasteiger partial charge on any atom is 0.328 e. The fraction of sp³-hybridized carbons (Fsp3) is 0.727. The summed E-state index contributed by atoms with van der Waals surface area (Å²) in [6.07, 6.45) is 9.61. The summed E-state index contributed by atoms with van der Waals surface area (Å²) in [7, 11) is 0. The van der Waals surface area contributed by atoms with Gasteiger partial charge in [-0.3, -0.25) is 0 Å². The zero-order valence-corrected chi connectivity index (χ0v) is 8.54. The van der Waals surface area contributed by atoms with E-state index in [4.69, 9.17) is 5.11 Å². The molecule has 0 amide bonds. The van der Waals surface area contributed by atoms with E-state index in [9.17, 15) is 4.79 Å². The third-order valence-corrected chi connectivity index (χ3v) is 2.68. The molecule has 3 nitrogen and oxygen atoms in total. The van der Waals surface area contributed by atoms with Crippen molar-refractivity contribution >= 4 is 5.97 Å². The second-order valence-corrected chi connectivity index (χ2v) is 3.90. The normalized spacial score (nSPS) is 18.9. The third-order valence-electron chi connectivity index (χ3n) is 2.68. The molecule has 3 heteroatoms. The van der Waals surface area contributed by atoms with Gasteiger partial charge in [-0.2, -0.15) is 0 Å². The van der Waals surface area contributed by atoms with Crippen LogP contribution in [-0.2, 0) is 4.79 Å². The number of hydrogen-bond acceptors (Lipinski definition) is 2. The number of hydrogen-bond donors (Lipinski definition) is 2. The molecule has 1 aliphatic carbocycles. The van der Waals surface area contributed by atoms with Gasteiger partial charge in [-0.25, -0.2) is 4.79 Å². The van der Waals surface area contributed by atoms with Gasteiger partial charge in [0, 0.05) is 12.6 Å². The van der Waals surface area contributed by atoms with Gasteiger partial charge in [-0.15, -0.1) is 0 Å².